The van der Waals surface area contributed by atoms with Crippen LogP contribution in [0.5, 0.6) is 0 Å². The Balaban J connectivity index is 1.54. The summed E-state index contributed by atoms with van der Waals surface area (Å²) in [5, 5.41) is 12.7. The molecule has 4 aliphatic carbocycles. The number of Topliss-reactive ketones (excluding diaryl/α,β-unsaturated/α-hetero) is 1. The molecule has 200 valence electrons. The van der Waals surface area contributed by atoms with Crippen LogP contribution in [0, 0.1) is 40.4 Å². The van der Waals surface area contributed by atoms with Gasteiger partial charge in [0.15, 0.2) is 0 Å². The maximum absolute atomic E-state index is 13.0. The predicted molar refractivity (Wildman–Crippen MR) is 136 cm³/mol. The zero-order valence-corrected chi connectivity index (χ0v) is 22.4. The fraction of sp³-hybridized carbons (Fsp3) is 0.857. The zero-order chi connectivity index (χ0) is 25.5. The van der Waals surface area contributed by atoms with Crippen molar-refractivity contribution in [3.8, 4) is 0 Å². The molecule has 0 aromatic rings. The van der Waals surface area contributed by atoms with Gasteiger partial charge < -0.3 is 19.7 Å². The summed E-state index contributed by atoms with van der Waals surface area (Å²) in [5.74, 6) is 1.53. The number of hydrogen-bond acceptors (Lipinski definition) is 8. The third kappa shape index (κ3) is 4.17. The molecule has 1 saturated heterocycles. The van der Waals surface area contributed by atoms with Crippen LogP contribution in [0.15, 0.2) is 10.3 Å². The Morgan fingerprint density at radius 2 is 1.94 bits per heavy atom. The topological polar surface area (TPSA) is 98.6 Å². The fourth-order valence-electron chi connectivity index (χ4n) is 8.86. The number of carbonyl (C=O) groups excluding carboxylic acids is 2. The molecule has 4 saturated carbocycles. The number of nitrogens with one attached hydrogen (secondary N) is 1. The molecular weight excluding hydrogens is 458 g/mol. The summed E-state index contributed by atoms with van der Waals surface area (Å²) in [6, 6.07) is 0. The molecule has 0 amide bonds. The molecule has 5 rings (SSSR count). The van der Waals surface area contributed by atoms with E-state index in [2.05, 4.69) is 24.3 Å². The minimum atomic E-state index is -0.239. The first-order valence-corrected chi connectivity index (χ1v) is 14.0. The smallest absolute Gasteiger partial charge is 0.302 e. The van der Waals surface area contributed by atoms with Gasteiger partial charge in [0.05, 0.1) is 18.0 Å². The van der Waals surface area contributed by atoms with Gasteiger partial charge in [0.1, 0.15) is 19.0 Å². The largest absolute Gasteiger partial charge is 0.465 e. The number of esters is 1. The summed E-state index contributed by atoms with van der Waals surface area (Å²) in [4.78, 5) is 36.5. The highest BCUT2D eigenvalue weighted by Gasteiger charge is 2.65. The van der Waals surface area contributed by atoms with E-state index in [1.165, 1.54) is 6.92 Å². The third-order valence-electron chi connectivity index (χ3n) is 10.5. The summed E-state index contributed by atoms with van der Waals surface area (Å²) in [5.41, 5.74) is 1.69. The number of carbonyl (C=O) groups is 2. The van der Waals surface area contributed by atoms with Crippen molar-refractivity contribution in [2.24, 2.45) is 50.7 Å². The minimum absolute atomic E-state index is 0.0855. The second kappa shape index (κ2) is 10.1. The first kappa shape index (κ1) is 25.7. The van der Waals surface area contributed by atoms with E-state index in [1.54, 1.807) is 7.11 Å². The van der Waals surface area contributed by atoms with Crippen molar-refractivity contribution in [3.63, 3.8) is 0 Å². The van der Waals surface area contributed by atoms with Crippen LogP contribution in [0.2, 0.25) is 0 Å². The molecule has 0 bridgehead atoms. The number of oxime groups is 2. The molecule has 0 spiro atoms. The maximum atomic E-state index is 13.0. The monoisotopic (exact) mass is 501 g/mol. The molecule has 0 aromatic carbocycles. The van der Waals surface area contributed by atoms with Gasteiger partial charge in [-0.2, -0.15) is 0 Å². The van der Waals surface area contributed by atoms with Crippen LogP contribution < -0.4 is 5.32 Å². The molecule has 1 N–H and O–H groups in total. The molecular formula is C28H43N3O5. The molecule has 0 radical (unpaired) electrons. The average molecular weight is 502 g/mol. The molecule has 8 nitrogen and oxygen atoms in total. The fourth-order valence-corrected chi connectivity index (χ4v) is 8.86. The number of fused-ring (bicyclic) bond motifs is 5. The molecule has 0 aromatic heterocycles. The van der Waals surface area contributed by atoms with Gasteiger partial charge in [0.25, 0.3) is 0 Å². The molecule has 8 atom stereocenters. The van der Waals surface area contributed by atoms with Crippen molar-refractivity contribution in [3.05, 3.63) is 0 Å². The van der Waals surface area contributed by atoms with Gasteiger partial charge in [-0.05, 0) is 69.2 Å². The van der Waals surface area contributed by atoms with Crippen LogP contribution in [-0.4, -0.2) is 56.1 Å². The number of ketones is 1. The lowest BCUT2D eigenvalue weighted by Crippen LogP contribution is -2.62. The zero-order valence-electron chi connectivity index (χ0n) is 22.4. The standard InChI is InChI=1S/C28H43N3O5/c1-5-19-23(31-36-18-10-13-29-15-18)9-12-28(16-35-17(2)32)22-8-11-27(3)21(6-7-25(27)33)20(22)14-24(26(19)28)30-34-4/h18-22,26,29H,5-16H2,1-4H3/b30-24+,31-23+/t18?,19-,20?,21?,22?,26?,27-,28-/m0/s1. The second-order valence-corrected chi connectivity index (χ2v) is 12.1. The molecule has 5 unspecified atom stereocenters. The number of nitrogens with zero attached hydrogens (tertiary/aromatic N) is 2. The summed E-state index contributed by atoms with van der Waals surface area (Å²) in [6.07, 6.45) is 8.14. The van der Waals surface area contributed by atoms with Crippen LogP contribution >= 0.6 is 0 Å². The molecule has 5 aliphatic rings. The Morgan fingerprint density at radius 1 is 1.11 bits per heavy atom. The van der Waals surface area contributed by atoms with Crippen LogP contribution in [-0.2, 0) is 24.0 Å². The van der Waals surface area contributed by atoms with Crippen molar-refractivity contribution in [1.29, 1.82) is 0 Å². The summed E-state index contributed by atoms with van der Waals surface area (Å²) in [6.45, 7) is 8.11. The number of rotatable bonds is 6. The van der Waals surface area contributed by atoms with Crippen molar-refractivity contribution >= 4 is 23.2 Å². The third-order valence-corrected chi connectivity index (χ3v) is 10.5. The van der Waals surface area contributed by atoms with Gasteiger partial charge in [0.2, 0.25) is 0 Å². The van der Waals surface area contributed by atoms with Crippen molar-refractivity contribution in [2.75, 3.05) is 26.8 Å². The van der Waals surface area contributed by atoms with Gasteiger partial charge in [-0.15, -0.1) is 0 Å². The number of hydrogen-bond donors (Lipinski definition) is 1. The SMILES string of the molecule is CC[C@H]1/C(=N/OC2CCNC2)CC[C@]2(COC(C)=O)C3CC[C@]4(C)C(=O)CCC4C3C/C(=N\OC)C12. The molecule has 5 fully saturated rings. The lowest BCUT2D eigenvalue weighted by Gasteiger charge is -2.61. The average Bonchev–Trinajstić information content (AvgIpc) is 3.49. The highest BCUT2D eigenvalue weighted by molar-refractivity contribution is 5.97. The van der Waals surface area contributed by atoms with Crippen molar-refractivity contribution in [1.82, 2.24) is 5.32 Å². The highest BCUT2D eigenvalue weighted by atomic mass is 16.6. The molecule has 1 aliphatic heterocycles. The summed E-state index contributed by atoms with van der Waals surface area (Å²) < 4.78 is 5.86. The Bertz CT molecular complexity index is 928. The Labute approximate surface area is 214 Å². The maximum Gasteiger partial charge on any atom is 0.302 e. The van der Waals surface area contributed by atoms with Crippen LogP contribution in [0.4, 0.5) is 0 Å². The van der Waals surface area contributed by atoms with Crippen molar-refractivity contribution < 1.29 is 24.0 Å². The molecule has 36 heavy (non-hydrogen) atoms. The van der Waals surface area contributed by atoms with Crippen LogP contribution in [0.3, 0.4) is 0 Å². The van der Waals surface area contributed by atoms with Gasteiger partial charge in [-0.3, -0.25) is 9.59 Å². The normalized spacial score (nSPS) is 44.2. The van der Waals surface area contributed by atoms with Crippen LogP contribution in [0.1, 0.15) is 78.6 Å². The van der Waals surface area contributed by atoms with E-state index >= 15 is 0 Å². The van der Waals surface area contributed by atoms with E-state index < -0.39 is 0 Å². The van der Waals surface area contributed by atoms with E-state index in [4.69, 9.17) is 19.6 Å². The van der Waals surface area contributed by atoms with Gasteiger partial charge in [-0.1, -0.05) is 24.2 Å². The first-order chi connectivity index (χ1) is 17.3. The van der Waals surface area contributed by atoms with E-state index in [-0.39, 0.29) is 34.7 Å². The minimum Gasteiger partial charge on any atom is -0.465 e. The van der Waals surface area contributed by atoms with Gasteiger partial charge in [-0.25, -0.2) is 0 Å². The molecule has 8 heteroatoms. The van der Waals surface area contributed by atoms with E-state index in [1.807, 2.05) is 0 Å². The van der Waals surface area contributed by atoms with E-state index in [9.17, 15) is 9.59 Å². The van der Waals surface area contributed by atoms with Gasteiger partial charge in [0, 0.05) is 49.0 Å². The first-order valence-electron chi connectivity index (χ1n) is 14.0. The Kier molecular flexibility index (Phi) is 7.18. The number of ether oxygens (including phenoxy) is 1. The summed E-state index contributed by atoms with van der Waals surface area (Å²) in [7, 11) is 1.62. The van der Waals surface area contributed by atoms with E-state index in [0.717, 1.165) is 75.9 Å². The lowest BCUT2D eigenvalue weighted by molar-refractivity contribution is -0.156. The predicted octanol–water partition coefficient (Wildman–Crippen LogP) is 4.12. The highest BCUT2D eigenvalue weighted by Crippen LogP contribution is 2.66. The Morgan fingerprint density at radius 3 is 2.64 bits per heavy atom. The molecule has 1 heterocycles. The quantitative estimate of drug-likeness (QED) is 0.434. The van der Waals surface area contributed by atoms with Crippen molar-refractivity contribution in [2.45, 2.75) is 84.7 Å². The Hall–Kier alpha value is -1.96. The second-order valence-electron chi connectivity index (χ2n) is 12.1. The van der Waals surface area contributed by atoms with E-state index in [0.29, 0.717) is 36.6 Å². The summed E-state index contributed by atoms with van der Waals surface area (Å²) >= 11 is 0. The van der Waals surface area contributed by atoms with Crippen LogP contribution in [0.25, 0.3) is 0 Å². The lowest BCUT2D eigenvalue weighted by atomic mass is 9.42. The van der Waals surface area contributed by atoms with Gasteiger partial charge >= 0.3 is 5.97 Å².